The van der Waals surface area contributed by atoms with E-state index in [0.29, 0.717) is 31.6 Å². The van der Waals surface area contributed by atoms with Gasteiger partial charge in [-0.1, -0.05) is 31.5 Å². The Kier molecular flexibility index (Phi) is 7.38. The Hall–Kier alpha value is -1.56. The number of anilines is 1. The summed E-state index contributed by atoms with van der Waals surface area (Å²) in [6.45, 7) is 4.94. The highest BCUT2D eigenvalue weighted by molar-refractivity contribution is 7.92. The normalized spacial score (nSPS) is 11.2. The summed E-state index contributed by atoms with van der Waals surface area (Å²) in [7, 11) is -3.36. The van der Waals surface area contributed by atoms with E-state index in [-0.39, 0.29) is 5.91 Å². The first-order valence-corrected chi connectivity index (χ1v) is 9.51. The van der Waals surface area contributed by atoms with Crippen LogP contribution in [0, 0.1) is 6.92 Å². The SMILES string of the molecule is CCCCNC(=O)CCCN(c1ccccc1C)S(C)(=O)=O. The van der Waals surface area contributed by atoms with Crippen molar-refractivity contribution < 1.29 is 13.2 Å². The first-order chi connectivity index (χ1) is 10.4. The predicted octanol–water partition coefficient (Wildman–Crippen LogP) is 2.46. The molecule has 0 bridgehead atoms. The highest BCUT2D eigenvalue weighted by Crippen LogP contribution is 2.22. The molecule has 5 nitrogen and oxygen atoms in total. The minimum absolute atomic E-state index is 0.0216. The van der Waals surface area contributed by atoms with E-state index in [0.717, 1.165) is 18.4 Å². The van der Waals surface area contributed by atoms with Gasteiger partial charge in [0.05, 0.1) is 11.9 Å². The van der Waals surface area contributed by atoms with Crippen molar-refractivity contribution >= 4 is 21.6 Å². The quantitative estimate of drug-likeness (QED) is 0.709. The number of nitrogens with zero attached hydrogens (tertiary/aromatic N) is 1. The molecule has 0 fully saturated rings. The van der Waals surface area contributed by atoms with Gasteiger partial charge in [-0.05, 0) is 31.4 Å². The zero-order chi connectivity index (χ0) is 16.6. The van der Waals surface area contributed by atoms with Crippen molar-refractivity contribution in [3.63, 3.8) is 0 Å². The molecule has 1 aromatic rings. The number of hydrogen-bond donors (Lipinski definition) is 1. The van der Waals surface area contributed by atoms with Crippen LogP contribution in [0.1, 0.15) is 38.2 Å². The van der Waals surface area contributed by atoms with E-state index in [9.17, 15) is 13.2 Å². The number of para-hydroxylation sites is 1. The zero-order valence-corrected chi connectivity index (χ0v) is 14.4. The second-order valence-corrected chi connectivity index (χ2v) is 7.34. The summed E-state index contributed by atoms with van der Waals surface area (Å²) >= 11 is 0. The molecule has 0 aliphatic rings. The topological polar surface area (TPSA) is 66.5 Å². The second kappa shape index (κ2) is 8.78. The van der Waals surface area contributed by atoms with Crippen LogP contribution in [-0.4, -0.2) is 33.7 Å². The summed E-state index contributed by atoms with van der Waals surface area (Å²) in [6, 6.07) is 7.36. The molecule has 1 rings (SSSR count). The molecule has 0 spiro atoms. The Morgan fingerprint density at radius 3 is 2.50 bits per heavy atom. The summed E-state index contributed by atoms with van der Waals surface area (Å²) in [5.41, 5.74) is 1.58. The van der Waals surface area contributed by atoms with Crippen LogP contribution < -0.4 is 9.62 Å². The molecule has 0 aliphatic heterocycles. The first kappa shape index (κ1) is 18.5. The highest BCUT2D eigenvalue weighted by Gasteiger charge is 2.18. The highest BCUT2D eigenvalue weighted by atomic mass is 32.2. The van der Waals surface area contributed by atoms with Gasteiger partial charge < -0.3 is 5.32 Å². The largest absolute Gasteiger partial charge is 0.356 e. The molecule has 1 aromatic carbocycles. The fourth-order valence-corrected chi connectivity index (χ4v) is 3.21. The van der Waals surface area contributed by atoms with E-state index in [1.54, 1.807) is 6.07 Å². The molecular formula is C16H26N2O3S. The number of hydrogen-bond acceptors (Lipinski definition) is 3. The number of sulfonamides is 1. The van der Waals surface area contributed by atoms with E-state index in [2.05, 4.69) is 12.2 Å². The Bertz CT molecular complexity index is 585. The molecule has 1 amide bonds. The smallest absolute Gasteiger partial charge is 0.232 e. The van der Waals surface area contributed by atoms with Gasteiger partial charge in [0.1, 0.15) is 0 Å². The average molecular weight is 326 g/mol. The molecule has 0 aromatic heterocycles. The molecule has 6 heteroatoms. The first-order valence-electron chi connectivity index (χ1n) is 7.66. The molecule has 0 saturated heterocycles. The van der Waals surface area contributed by atoms with Crippen molar-refractivity contribution in [1.82, 2.24) is 5.32 Å². The number of nitrogens with one attached hydrogen (secondary N) is 1. The van der Waals surface area contributed by atoms with E-state index in [4.69, 9.17) is 0 Å². The van der Waals surface area contributed by atoms with Crippen molar-refractivity contribution in [2.75, 3.05) is 23.7 Å². The van der Waals surface area contributed by atoms with Gasteiger partial charge in [-0.3, -0.25) is 9.10 Å². The Labute approximate surface area is 133 Å². The number of aryl methyl sites for hydroxylation is 1. The van der Waals surface area contributed by atoms with E-state index in [1.807, 2.05) is 25.1 Å². The van der Waals surface area contributed by atoms with Gasteiger partial charge in [0.25, 0.3) is 0 Å². The summed E-state index contributed by atoms with van der Waals surface area (Å²) in [6.07, 6.45) is 4.03. The number of carbonyl (C=O) groups is 1. The number of rotatable bonds is 9. The minimum Gasteiger partial charge on any atom is -0.356 e. The van der Waals surface area contributed by atoms with Crippen molar-refractivity contribution in [1.29, 1.82) is 0 Å². The van der Waals surface area contributed by atoms with Crippen molar-refractivity contribution in [3.8, 4) is 0 Å². The van der Waals surface area contributed by atoms with Gasteiger partial charge in [0.15, 0.2) is 0 Å². The Balaban J connectivity index is 2.62. The van der Waals surface area contributed by atoms with Crippen LogP contribution in [0.15, 0.2) is 24.3 Å². The fraction of sp³-hybridized carbons (Fsp3) is 0.562. The van der Waals surface area contributed by atoms with Crippen molar-refractivity contribution in [2.45, 2.75) is 39.5 Å². The lowest BCUT2D eigenvalue weighted by atomic mass is 10.2. The maximum atomic E-state index is 12.0. The third-order valence-electron chi connectivity index (χ3n) is 3.40. The number of benzene rings is 1. The monoisotopic (exact) mass is 326 g/mol. The van der Waals surface area contributed by atoms with Gasteiger partial charge in [-0.25, -0.2) is 8.42 Å². The zero-order valence-electron chi connectivity index (χ0n) is 13.6. The maximum absolute atomic E-state index is 12.0. The molecule has 0 heterocycles. The molecule has 1 N–H and O–H groups in total. The third-order valence-corrected chi connectivity index (χ3v) is 4.58. The van der Waals surface area contributed by atoms with Gasteiger partial charge in [-0.2, -0.15) is 0 Å². The molecule has 0 saturated carbocycles. The standard InChI is InChI=1S/C16H26N2O3S/c1-4-5-12-17-16(19)11-8-13-18(22(3,20)21)15-10-7-6-9-14(15)2/h6-7,9-10H,4-5,8,11-13H2,1-3H3,(H,17,19). The summed E-state index contributed by atoms with van der Waals surface area (Å²) < 4.78 is 25.4. The number of amides is 1. The van der Waals surface area contributed by atoms with E-state index >= 15 is 0 Å². The fourth-order valence-electron chi connectivity index (χ4n) is 2.18. The minimum atomic E-state index is -3.36. The molecule has 0 atom stereocenters. The number of unbranched alkanes of at least 4 members (excludes halogenated alkanes) is 1. The lowest BCUT2D eigenvalue weighted by Gasteiger charge is -2.24. The lowest BCUT2D eigenvalue weighted by molar-refractivity contribution is -0.121. The Morgan fingerprint density at radius 1 is 1.23 bits per heavy atom. The molecule has 0 aliphatic carbocycles. The van der Waals surface area contributed by atoms with E-state index in [1.165, 1.54) is 10.6 Å². The molecule has 0 unspecified atom stereocenters. The molecule has 0 radical (unpaired) electrons. The van der Waals surface area contributed by atoms with Gasteiger partial charge in [0.2, 0.25) is 15.9 Å². The number of carbonyl (C=O) groups excluding carboxylic acids is 1. The van der Waals surface area contributed by atoms with Crippen LogP contribution in [0.25, 0.3) is 0 Å². The van der Waals surface area contributed by atoms with Crippen LogP contribution in [0.3, 0.4) is 0 Å². The average Bonchev–Trinajstić information content (AvgIpc) is 2.44. The van der Waals surface area contributed by atoms with E-state index < -0.39 is 10.0 Å². The molecular weight excluding hydrogens is 300 g/mol. The van der Waals surface area contributed by atoms with Crippen molar-refractivity contribution in [3.05, 3.63) is 29.8 Å². The predicted molar refractivity (Wildman–Crippen MR) is 90.5 cm³/mol. The molecule has 22 heavy (non-hydrogen) atoms. The van der Waals surface area contributed by atoms with Crippen LogP contribution in [0.5, 0.6) is 0 Å². The summed E-state index contributed by atoms with van der Waals surface area (Å²) in [4.78, 5) is 11.7. The summed E-state index contributed by atoms with van der Waals surface area (Å²) in [5.74, 6) is -0.0216. The molecule has 124 valence electrons. The lowest BCUT2D eigenvalue weighted by Crippen LogP contribution is -2.32. The van der Waals surface area contributed by atoms with Gasteiger partial charge in [0, 0.05) is 19.5 Å². The van der Waals surface area contributed by atoms with Gasteiger partial charge in [-0.15, -0.1) is 0 Å². The maximum Gasteiger partial charge on any atom is 0.232 e. The van der Waals surface area contributed by atoms with Crippen LogP contribution in [0.2, 0.25) is 0 Å². The van der Waals surface area contributed by atoms with Crippen LogP contribution >= 0.6 is 0 Å². The second-order valence-electron chi connectivity index (χ2n) is 5.43. The van der Waals surface area contributed by atoms with Crippen molar-refractivity contribution in [2.24, 2.45) is 0 Å². The summed E-state index contributed by atoms with van der Waals surface area (Å²) in [5, 5.41) is 2.84. The Morgan fingerprint density at radius 2 is 1.91 bits per heavy atom. The van der Waals surface area contributed by atoms with Gasteiger partial charge >= 0.3 is 0 Å². The van der Waals surface area contributed by atoms with Crippen LogP contribution in [0.4, 0.5) is 5.69 Å². The van der Waals surface area contributed by atoms with Crippen LogP contribution in [-0.2, 0) is 14.8 Å². The third kappa shape index (κ3) is 6.05.